The zero-order valence-electron chi connectivity index (χ0n) is 14.5. The van der Waals surface area contributed by atoms with E-state index in [0.29, 0.717) is 19.7 Å². The molecule has 1 aromatic heterocycles. The number of aromatic nitrogens is 1. The summed E-state index contributed by atoms with van der Waals surface area (Å²) in [5.41, 5.74) is 1.95. The van der Waals surface area contributed by atoms with Crippen LogP contribution in [0, 0.1) is 0 Å². The Morgan fingerprint density at radius 2 is 2.04 bits per heavy atom. The number of urea groups is 1. The van der Waals surface area contributed by atoms with E-state index in [2.05, 4.69) is 16.0 Å². The van der Waals surface area contributed by atoms with Gasteiger partial charge in [-0.3, -0.25) is 0 Å². The van der Waals surface area contributed by atoms with Crippen molar-refractivity contribution < 1.29 is 14.3 Å². The lowest BCUT2D eigenvalue weighted by Gasteiger charge is -2.35. The predicted octanol–water partition coefficient (Wildman–Crippen LogP) is 2.93. The molecule has 3 rings (SSSR count). The van der Waals surface area contributed by atoms with Gasteiger partial charge in [-0.2, -0.15) is 0 Å². The number of morpholine rings is 1. The molecule has 1 saturated heterocycles. The van der Waals surface area contributed by atoms with Crippen LogP contribution in [0.15, 0.2) is 30.5 Å². The lowest BCUT2D eigenvalue weighted by Crippen LogP contribution is -2.49. The van der Waals surface area contributed by atoms with Gasteiger partial charge in [0.2, 0.25) is 0 Å². The molecule has 1 N–H and O–H groups in total. The van der Waals surface area contributed by atoms with E-state index in [9.17, 15) is 4.79 Å². The molecule has 2 heterocycles. The molecule has 24 heavy (non-hydrogen) atoms. The molecule has 0 spiro atoms. The third-order valence-electron chi connectivity index (χ3n) is 4.27. The van der Waals surface area contributed by atoms with Crippen LogP contribution in [0.3, 0.4) is 0 Å². The summed E-state index contributed by atoms with van der Waals surface area (Å²) in [6.07, 6.45) is 2.18. The van der Waals surface area contributed by atoms with Crippen LogP contribution in [-0.4, -0.2) is 54.5 Å². The number of anilines is 1. The summed E-state index contributed by atoms with van der Waals surface area (Å²) < 4.78 is 13.0. The van der Waals surface area contributed by atoms with Crippen LogP contribution in [0.2, 0.25) is 0 Å². The third-order valence-corrected chi connectivity index (χ3v) is 4.27. The first-order chi connectivity index (χ1) is 11.6. The Bertz CT molecular complexity index is 703. The highest BCUT2D eigenvalue weighted by molar-refractivity contribution is 5.93. The average Bonchev–Trinajstić information content (AvgIpc) is 2.94. The summed E-state index contributed by atoms with van der Waals surface area (Å²) >= 11 is 0. The average molecular weight is 331 g/mol. The van der Waals surface area contributed by atoms with Crippen molar-refractivity contribution in [1.82, 2.24) is 9.47 Å². The van der Waals surface area contributed by atoms with Gasteiger partial charge >= 0.3 is 6.03 Å². The molecule has 2 aromatic rings. The highest BCUT2D eigenvalue weighted by Gasteiger charge is 2.25. The fourth-order valence-corrected chi connectivity index (χ4v) is 3.21. The SMILES string of the molecule is COCCn1ccc2cc(NC(=O)N3C[C@H](C)O[C@@H](C)C3)ccc21. The molecule has 6 nitrogen and oxygen atoms in total. The Labute approximate surface area is 142 Å². The first kappa shape index (κ1) is 16.8. The Morgan fingerprint density at radius 1 is 1.29 bits per heavy atom. The zero-order valence-corrected chi connectivity index (χ0v) is 14.5. The summed E-state index contributed by atoms with van der Waals surface area (Å²) in [5, 5.41) is 4.10. The molecule has 0 aliphatic carbocycles. The molecule has 0 radical (unpaired) electrons. The number of hydrogen-bond acceptors (Lipinski definition) is 3. The van der Waals surface area contributed by atoms with Gasteiger partial charge in [0.05, 0.1) is 18.8 Å². The van der Waals surface area contributed by atoms with Crippen LogP contribution in [-0.2, 0) is 16.0 Å². The van der Waals surface area contributed by atoms with E-state index in [4.69, 9.17) is 9.47 Å². The molecule has 1 aliphatic heterocycles. The Kier molecular flexibility index (Phi) is 5.06. The molecule has 6 heteroatoms. The van der Waals surface area contributed by atoms with Crippen LogP contribution >= 0.6 is 0 Å². The van der Waals surface area contributed by atoms with E-state index in [0.717, 1.165) is 23.1 Å². The van der Waals surface area contributed by atoms with E-state index >= 15 is 0 Å². The van der Waals surface area contributed by atoms with Crippen LogP contribution in [0.1, 0.15) is 13.8 Å². The lowest BCUT2D eigenvalue weighted by molar-refractivity contribution is -0.0530. The van der Waals surface area contributed by atoms with E-state index < -0.39 is 0 Å². The standard InChI is InChI=1S/C18H25N3O3/c1-13-11-21(12-14(2)24-13)18(22)19-16-4-5-17-15(10-16)6-7-20(17)8-9-23-3/h4-7,10,13-14H,8-9,11-12H2,1-3H3,(H,19,22)/t13-,14-/m0/s1. The monoisotopic (exact) mass is 331 g/mol. The van der Waals surface area contributed by atoms with Gasteiger partial charge in [0, 0.05) is 49.5 Å². The maximum Gasteiger partial charge on any atom is 0.322 e. The van der Waals surface area contributed by atoms with E-state index in [1.54, 1.807) is 7.11 Å². The number of hydrogen-bond donors (Lipinski definition) is 1. The van der Waals surface area contributed by atoms with Crippen LogP contribution in [0.25, 0.3) is 10.9 Å². The number of rotatable bonds is 4. The highest BCUT2D eigenvalue weighted by atomic mass is 16.5. The molecule has 130 valence electrons. The van der Waals surface area contributed by atoms with E-state index in [-0.39, 0.29) is 18.2 Å². The molecular formula is C18H25N3O3. The van der Waals surface area contributed by atoms with E-state index in [1.165, 1.54) is 0 Å². The third kappa shape index (κ3) is 3.71. The fourth-order valence-electron chi connectivity index (χ4n) is 3.21. The molecule has 0 saturated carbocycles. The van der Waals surface area contributed by atoms with Crippen molar-refractivity contribution in [2.45, 2.75) is 32.6 Å². The predicted molar refractivity (Wildman–Crippen MR) is 94.4 cm³/mol. The number of benzene rings is 1. The Hall–Kier alpha value is -2.05. The second-order valence-corrected chi connectivity index (χ2v) is 6.37. The first-order valence-electron chi connectivity index (χ1n) is 8.36. The van der Waals surface area contributed by atoms with Gasteiger partial charge in [-0.15, -0.1) is 0 Å². The van der Waals surface area contributed by atoms with Crippen molar-refractivity contribution in [2.24, 2.45) is 0 Å². The minimum atomic E-state index is -0.0739. The fraction of sp³-hybridized carbons (Fsp3) is 0.500. The molecule has 2 amide bonds. The number of carbonyl (C=O) groups excluding carboxylic acids is 1. The number of methoxy groups -OCH3 is 1. The maximum absolute atomic E-state index is 12.5. The summed E-state index contributed by atoms with van der Waals surface area (Å²) in [6, 6.07) is 7.96. The molecule has 1 aliphatic rings. The van der Waals surface area contributed by atoms with Crippen molar-refractivity contribution >= 4 is 22.6 Å². The van der Waals surface area contributed by atoms with E-state index in [1.807, 2.05) is 43.1 Å². The van der Waals surface area contributed by atoms with Gasteiger partial charge in [0.1, 0.15) is 0 Å². The second-order valence-electron chi connectivity index (χ2n) is 6.37. The van der Waals surface area contributed by atoms with Gasteiger partial charge in [0.25, 0.3) is 0 Å². The molecule has 0 bridgehead atoms. The number of carbonyl (C=O) groups is 1. The van der Waals surface area contributed by atoms with Crippen molar-refractivity contribution in [1.29, 1.82) is 0 Å². The van der Waals surface area contributed by atoms with Crippen molar-refractivity contribution in [3.05, 3.63) is 30.5 Å². The molecule has 1 aromatic carbocycles. The van der Waals surface area contributed by atoms with Crippen molar-refractivity contribution in [3.8, 4) is 0 Å². The van der Waals surface area contributed by atoms with Gasteiger partial charge in [-0.05, 0) is 38.1 Å². The number of fused-ring (bicyclic) bond motifs is 1. The largest absolute Gasteiger partial charge is 0.383 e. The highest BCUT2D eigenvalue weighted by Crippen LogP contribution is 2.21. The number of ether oxygens (including phenoxy) is 2. The first-order valence-corrected chi connectivity index (χ1v) is 8.36. The smallest absolute Gasteiger partial charge is 0.322 e. The number of nitrogens with zero attached hydrogens (tertiary/aromatic N) is 2. The molecular weight excluding hydrogens is 306 g/mol. The van der Waals surface area contributed by atoms with Gasteiger partial charge in [-0.1, -0.05) is 0 Å². The summed E-state index contributed by atoms with van der Waals surface area (Å²) in [5.74, 6) is 0. The minimum Gasteiger partial charge on any atom is -0.383 e. The Balaban J connectivity index is 1.70. The normalized spacial score (nSPS) is 21.2. The minimum absolute atomic E-state index is 0.0665. The van der Waals surface area contributed by atoms with Crippen molar-refractivity contribution in [3.63, 3.8) is 0 Å². The summed E-state index contributed by atoms with van der Waals surface area (Å²) in [7, 11) is 1.70. The second kappa shape index (κ2) is 7.23. The van der Waals surface area contributed by atoms with Crippen LogP contribution in [0.5, 0.6) is 0 Å². The van der Waals surface area contributed by atoms with Crippen molar-refractivity contribution in [2.75, 3.05) is 32.1 Å². The van der Waals surface area contributed by atoms with Gasteiger partial charge < -0.3 is 24.3 Å². The topological polar surface area (TPSA) is 55.7 Å². The molecule has 1 fully saturated rings. The number of amides is 2. The summed E-state index contributed by atoms with van der Waals surface area (Å²) in [6.45, 7) is 6.71. The molecule has 2 atom stereocenters. The van der Waals surface area contributed by atoms with Crippen LogP contribution in [0.4, 0.5) is 10.5 Å². The van der Waals surface area contributed by atoms with Gasteiger partial charge in [0.15, 0.2) is 0 Å². The maximum atomic E-state index is 12.5. The lowest BCUT2D eigenvalue weighted by atomic mass is 10.2. The Morgan fingerprint density at radius 3 is 2.75 bits per heavy atom. The zero-order chi connectivity index (χ0) is 17.1. The van der Waals surface area contributed by atoms with Gasteiger partial charge in [-0.25, -0.2) is 4.79 Å². The summed E-state index contributed by atoms with van der Waals surface area (Å²) in [4.78, 5) is 14.3. The quantitative estimate of drug-likeness (QED) is 0.937. The molecule has 0 unspecified atom stereocenters. The van der Waals surface area contributed by atoms with Crippen LogP contribution < -0.4 is 5.32 Å². The number of nitrogens with one attached hydrogen (secondary N) is 1.